The summed E-state index contributed by atoms with van der Waals surface area (Å²) < 4.78 is 0. The maximum Gasteiger partial charge on any atom is 0.269 e. The van der Waals surface area contributed by atoms with Crippen LogP contribution in [0.1, 0.15) is 38.4 Å². The van der Waals surface area contributed by atoms with E-state index in [1.165, 1.54) is 11.8 Å². The fraction of sp³-hybridized carbons (Fsp3) is 0.208. The minimum Gasteiger partial charge on any atom is -0.351 e. The largest absolute Gasteiger partial charge is 0.351 e. The Morgan fingerprint density at radius 3 is 2.28 bits per heavy atom. The molecule has 5 nitrogen and oxygen atoms in total. The van der Waals surface area contributed by atoms with Crippen LogP contribution >= 0.6 is 0 Å². The molecule has 29 heavy (non-hydrogen) atoms. The summed E-state index contributed by atoms with van der Waals surface area (Å²) in [7, 11) is 1.75. The first-order valence-electron chi connectivity index (χ1n) is 9.71. The van der Waals surface area contributed by atoms with E-state index in [1.807, 2.05) is 48.5 Å². The van der Waals surface area contributed by atoms with Crippen LogP contribution in [-0.2, 0) is 13.0 Å². The molecule has 0 radical (unpaired) electrons. The van der Waals surface area contributed by atoms with Crippen LogP contribution in [-0.4, -0.2) is 35.3 Å². The van der Waals surface area contributed by atoms with Crippen LogP contribution in [0.3, 0.4) is 0 Å². The third kappa shape index (κ3) is 6.01. The van der Waals surface area contributed by atoms with E-state index < -0.39 is 0 Å². The van der Waals surface area contributed by atoms with Crippen molar-refractivity contribution in [1.29, 1.82) is 0 Å². The normalized spacial score (nSPS) is 10.4. The molecule has 2 amide bonds. The zero-order chi connectivity index (χ0) is 20.5. The van der Waals surface area contributed by atoms with Crippen molar-refractivity contribution >= 4 is 11.8 Å². The summed E-state index contributed by atoms with van der Waals surface area (Å²) in [6, 6.07) is 23.1. The molecule has 0 atom stereocenters. The van der Waals surface area contributed by atoms with Gasteiger partial charge in [-0.05, 0) is 36.1 Å². The quantitative estimate of drug-likeness (QED) is 0.599. The molecule has 1 N–H and O–H groups in total. The van der Waals surface area contributed by atoms with Crippen molar-refractivity contribution in [2.45, 2.75) is 19.4 Å². The van der Waals surface area contributed by atoms with Gasteiger partial charge in [-0.2, -0.15) is 0 Å². The topological polar surface area (TPSA) is 62.3 Å². The van der Waals surface area contributed by atoms with Crippen molar-refractivity contribution in [1.82, 2.24) is 15.2 Å². The number of carbonyl (C=O) groups excluding carboxylic acids is 2. The molecular weight excluding hydrogens is 362 g/mol. The monoisotopic (exact) mass is 387 g/mol. The molecule has 0 saturated carbocycles. The molecule has 1 heterocycles. The first-order chi connectivity index (χ1) is 14.1. The average Bonchev–Trinajstić information content (AvgIpc) is 2.77. The number of amides is 2. The van der Waals surface area contributed by atoms with Crippen LogP contribution in [0.4, 0.5) is 0 Å². The molecule has 0 saturated heterocycles. The molecule has 0 aliphatic carbocycles. The number of aryl methyl sites for hydroxylation is 1. The highest BCUT2D eigenvalue weighted by Gasteiger charge is 2.15. The smallest absolute Gasteiger partial charge is 0.269 e. The van der Waals surface area contributed by atoms with Gasteiger partial charge in [-0.1, -0.05) is 60.7 Å². The van der Waals surface area contributed by atoms with Crippen LogP contribution in [0.5, 0.6) is 0 Å². The molecule has 1 aromatic heterocycles. The van der Waals surface area contributed by atoms with Gasteiger partial charge in [-0.25, -0.2) is 0 Å². The van der Waals surface area contributed by atoms with E-state index in [-0.39, 0.29) is 17.5 Å². The summed E-state index contributed by atoms with van der Waals surface area (Å²) in [4.78, 5) is 30.9. The lowest BCUT2D eigenvalue weighted by molar-refractivity contribution is 0.0785. The predicted molar refractivity (Wildman–Crippen MR) is 114 cm³/mol. The van der Waals surface area contributed by atoms with E-state index in [1.54, 1.807) is 24.1 Å². The third-order valence-corrected chi connectivity index (χ3v) is 4.62. The van der Waals surface area contributed by atoms with E-state index in [2.05, 4.69) is 22.4 Å². The van der Waals surface area contributed by atoms with Gasteiger partial charge in [-0.3, -0.25) is 14.6 Å². The molecule has 5 heteroatoms. The number of nitrogens with zero attached hydrogens (tertiary/aromatic N) is 2. The molecule has 148 valence electrons. The Hall–Kier alpha value is -3.47. The maximum atomic E-state index is 12.7. The van der Waals surface area contributed by atoms with Crippen LogP contribution < -0.4 is 5.32 Å². The fourth-order valence-corrected chi connectivity index (χ4v) is 3.07. The van der Waals surface area contributed by atoms with Crippen molar-refractivity contribution in [3.8, 4) is 0 Å². The molecular formula is C24H25N3O2. The van der Waals surface area contributed by atoms with E-state index in [9.17, 15) is 9.59 Å². The Kier molecular flexibility index (Phi) is 7.11. The summed E-state index contributed by atoms with van der Waals surface area (Å²) in [5, 5.41) is 2.88. The first-order valence-corrected chi connectivity index (χ1v) is 9.71. The number of benzene rings is 2. The molecule has 3 rings (SSSR count). The summed E-state index contributed by atoms with van der Waals surface area (Å²) in [5.41, 5.74) is 3.00. The van der Waals surface area contributed by atoms with Crippen LogP contribution in [0.25, 0.3) is 0 Å². The SMILES string of the molecule is CN(Cc1ccccc1)C(=O)c1ccnc(C(=O)NCCCc2ccccc2)c1. The second-order valence-corrected chi connectivity index (χ2v) is 6.92. The Labute approximate surface area is 171 Å². The molecule has 0 fully saturated rings. The highest BCUT2D eigenvalue weighted by atomic mass is 16.2. The van der Waals surface area contributed by atoms with Gasteiger partial charge >= 0.3 is 0 Å². The van der Waals surface area contributed by atoms with Crippen molar-refractivity contribution in [3.05, 3.63) is 101 Å². The number of rotatable bonds is 8. The molecule has 0 aliphatic heterocycles. The van der Waals surface area contributed by atoms with Crippen molar-refractivity contribution in [2.75, 3.05) is 13.6 Å². The summed E-state index contributed by atoms with van der Waals surface area (Å²) in [5.74, 6) is -0.409. The van der Waals surface area contributed by atoms with E-state index in [0.29, 0.717) is 18.7 Å². The molecule has 0 unspecified atom stereocenters. The van der Waals surface area contributed by atoms with Gasteiger partial charge in [0.25, 0.3) is 11.8 Å². The van der Waals surface area contributed by atoms with Gasteiger partial charge in [0.15, 0.2) is 0 Å². The fourth-order valence-electron chi connectivity index (χ4n) is 3.07. The van der Waals surface area contributed by atoms with E-state index in [0.717, 1.165) is 18.4 Å². The zero-order valence-electron chi connectivity index (χ0n) is 16.5. The van der Waals surface area contributed by atoms with Crippen LogP contribution in [0.15, 0.2) is 79.0 Å². The minimum atomic E-state index is -0.265. The highest BCUT2D eigenvalue weighted by molar-refractivity contribution is 5.98. The van der Waals surface area contributed by atoms with Gasteiger partial charge in [0.05, 0.1) is 0 Å². The van der Waals surface area contributed by atoms with Gasteiger partial charge in [-0.15, -0.1) is 0 Å². The lowest BCUT2D eigenvalue weighted by atomic mass is 10.1. The molecule has 3 aromatic rings. The van der Waals surface area contributed by atoms with Gasteiger partial charge in [0, 0.05) is 31.9 Å². The molecule has 0 bridgehead atoms. The summed E-state index contributed by atoms with van der Waals surface area (Å²) in [6.45, 7) is 1.06. The third-order valence-electron chi connectivity index (χ3n) is 4.62. The number of hydrogen-bond acceptors (Lipinski definition) is 3. The van der Waals surface area contributed by atoms with Crippen LogP contribution in [0, 0.1) is 0 Å². The van der Waals surface area contributed by atoms with E-state index in [4.69, 9.17) is 0 Å². The minimum absolute atomic E-state index is 0.144. The highest BCUT2D eigenvalue weighted by Crippen LogP contribution is 2.09. The van der Waals surface area contributed by atoms with Gasteiger partial charge < -0.3 is 10.2 Å². The van der Waals surface area contributed by atoms with Gasteiger partial charge in [0.1, 0.15) is 5.69 Å². The van der Waals surface area contributed by atoms with Gasteiger partial charge in [0.2, 0.25) is 0 Å². The summed E-state index contributed by atoms with van der Waals surface area (Å²) in [6.07, 6.45) is 3.24. The number of nitrogens with one attached hydrogen (secondary N) is 1. The number of hydrogen-bond donors (Lipinski definition) is 1. The second-order valence-electron chi connectivity index (χ2n) is 6.92. The van der Waals surface area contributed by atoms with Crippen molar-refractivity contribution in [3.63, 3.8) is 0 Å². The lowest BCUT2D eigenvalue weighted by Gasteiger charge is -2.17. The average molecular weight is 387 g/mol. The number of pyridine rings is 1. The van der Waals surface area contributed by atoms with Crippen LogP contribution in [0.2, 0.25) is 0 Å². The van der Waals surface area contributed by atoms with Crippen molar-refractivity contribution < 1.29 is 9.59 Å². The Balaban J connectivity index is 1.53. The Morgan fingerprint density at radius 2 is 1.59 bits per heavy atom. The first kappa shape index (κ1) is 20.3. The molecule has 0 aliphatic rings. The molecule has 0 spiro atoms. The standard InChI is InChI=1S/C24H25N3O2/c1-27(18-20-11-6-3-7-12-20)24(29)21-14-16-25-22(17-21)23(28)26-15-8-13-19-9-4-2-5-10-19/h2-7,9-12,14,16-17H,8,13,15,18H2,1H3,(H,26,28). The number of carbonyl (C=O) groups is 2. The molecule has 2 aromatic carbocycles. The Bertz CT molecular complexity index is 943. The van der Waals surface area contributed by atoms with Crippen molar-refractivity contribution in [2.24, 2.45) is 0 Å². The Morgan fingerprint density at radius 1 is 0.931 bits per heavy atom. The zero-order valence-corrected chi connectivity index (χ0v) is 16.5. The summed E-state index contributed by atoms with van der Waals surface area (Å²) >= 11 is 0. The lowest BCUT2D eigenvalue weighted by Crippen LogP contribution is -2.28. The van der Waals surface area contributed by atoms with E-state index >= 15 is 0 Å². The number of aromatic nitrogens is 1. The predicted octanol–water partition coefficient (Wildman–Crippen LogP) is 3.72. The second kappa shape index (κ2) is 10.2. The maximum absolute atomic E-state index is 12.7.